The zero-order chi connectivity index (χ0) is 15.2. The van der Waals surface area contributed by atoms with Crippen LogP contribution in [0.3, 0.4) is 0 Å². The van der Waals surface area contributed by atoms with Crippen LogP contribution >= 0.6 is 0 Å². The molecule has 21 heavy (non-hydrogen) atoms. The summed E-state index contributed by atoms with van der Waals surface area (Å²) in [6.07, 6.45) is 2.94. The van der Waals surface area contributed by atoms with Crippen molar-refractivity contribution in [2.75, 3.05) is 26.2 Å². The van der Waals surface area contributed by atoms with E-state index in [1.165, 1.54) is 12.1 Å². The molecule has 5 heteroatoms. The second-order valence-corrected chi connectivity index (χ2v) is 5.61. The van der Waals surface area contributed by atoms with Crippen LogP contribution in [0.5, 0.6) is 5.75 Å². The van der Waals surface area contributed by atoms with Gasteiger partial charge in [-0.15, -0.1) is 0 Å². The zero-order valence-corrected chi connectivity index (χ0v) is 12.4. The topological polar surface area (TPSA) is 52.6 Å². The Morgan fingerprint density at radius 2 is 2.14 bits per heavy atom. The third kappa shape index (κ3) is 4.17. The molecule has 1 aliphatic rings. The van der Waals surface area contributed by atoms with Crippen LogP contribution in [0.25, 0.3) is 0 Å². The fourth-order valence-electron chi connectivity index (χ4n) is 2.77. The molecular weight excluding hydrogens is 271 g/mol. The van der Waals surface area contributed by atoms with Gasteiger partial charge in [0.1, 0.15) is 11.6 Å². The van der Waals surface area contributed by atoms with Crippen LogP contribution in [0, 0.1) is 11.7 Å². The fourth-order valence-corrected chi connectivity index (χ4v) is 2.77. The monoisotopic (exact) mass is 294 g/mol. The number of aromatic hydroxyl groups is 1. The number of halogens is 1. The lowest BCUT2D eigenvalue weighted by atomic mass is 9.97. The molecule has 0 aliphatic carbocycles. The van der Waals surface area contributed by atoms with Gasteiger partial charge in [-0.25, -0.2) is 4.39 Å². The highest BCUT2D eigenvalue weighted by molar-refractivity contribution is 5.94. The van der Waals surface area contributed by atoms with Crippen molar-refractivity contribution in [3.05, 3.63) is 29.6 Å². The standard InChI is InChI=1S/C16H23FN2O2/c1-2-9-19(11-12-5-7-18-8-6-12)16(21)14-4-3-13(20)10-15(14)17/h3-4,10,12,18,20H,2,5-9,11H2,1H3. The first-order chi connectivity index (χ1) is 10.1. The summed E-state index contributed by atoms with van der Waals surface area (Å²) in [5, 5.41) is 12.6. The van der Waals surface area contributed by atoms with E-state index < -0.39 is 5.82 Å². The Morgan fingerprint density at radius 3 is 2.76 bits per heavy atom. The lowest BCUT2D eigenvalue weighted by Gasteiger charge is -2.30. The molecule has 0 unspecified atom stereocenters. The van der Waals surface area contributed by atoms with E-state index in [1.807, 2.05) is 6.92 Å². The van der Waals surface area contributed by atoms with E-state index in [1.54, 1.807) is 4.90 Å². The second-order valence-electron chi connectivity index (χ2n) is 5.61. The number of nitrogens with zero attached hydrogens (tertiary/aromatic N) is 1. The molecule has 0 bridgehead atoms. The Balaban J connectivity index is 2.10. The average molecular weight is 294 g/mol. The Morgan fingerprint density at radius 1 is 1.43 bits per heavy atom. The van der Waals surface area contributed by atoms with Crippen LogP contribution in [0.4, 0.5) is 4.39 Å². The van der Waals surface area contributed by atoms with Crippen molar-refractivity contribution in [2.45, 2.75) is 26.2 Å². The van der Waals surface area contributed by atoms with Gasteiger partial charge >= 0.3 is 0 Å². The molecular formula is C16H23FN2O2. The van der Waals surface area contributed by atoms with Crippen LogP contribution in [0.1, 0.15) is 36.5 Å². The number of benzene rings is 1. The Bertz CT molecular complexity index is 487. The lowest BCUT2D eigenvalue weighted by Crippen LogP contribution is -2.40. The molecule has 1 amide bonds. The normalized spacial score (nSPS) is 15.9. The summed E-state index contributed by atoms with van der Waals surface area (Å²) in [7, 11) is 0. The van der Waals surface area contributed by atoms with Crippen molar-refractivity contribution in [1.29, 1.82) is 0 Å². The summed E-state index contributed by atoms with van der Waals surface area (Å²) < 4.78 is 13.9. The quantitative estimate of drug-likeness (QED) is 0.876. The van der Waals surface area contributed by atoms with E-state index in [2.05, 4.69) is 5.32 Å². The number of nitrogens with one attached hydrogen (secondary N) is 1. The maximum absolute atomic E-state index is 13.9. The number of phenolic OH excluding ortho intramolecular Hbond substituents is 1. The molecule has 1 aromatic rings. The van der Waals surface area contributed by atoms with Gasteiger partial charge in [-0.2, -0.15) is 0 Å². The van der Waals surface area contributed by atoms with Gasteiger partial charge in [-0.05, 0) is 50.4 Å². The van der Waals surface area contributed by atoms with Gasteiger partial charge < -0.3 is 15.3 Å². The van der Waals surface area contributed by atoms with E-state index in [-0.39, 0.29) is 17.2 Å². The number of phenols is 1. The molecule has 2 N–H and O–H groups in total. The maximum Gasteiger partial charge on any atom is 0.256 e. The van der Waals surface area contributed by atoms with Gasteiger partial charge in [0.15, 0.2) is 0 Å². The first kappa shape index (κ1) is 15.8. The minimum absolute atomic E-state index is 0.0372. The van der Waals surface area contributed by atoms with Crippen LogP contribution in [-0.2, 0) is 0 Å². The largest absolute Gasteiger partial charge is 0.508 e. The Hall–Kier alpha value is -1.62. The number of amides is 1. The number of carbonyl (C=O) groups is 1. The number of rotatable bonds is 5. The summed E-state index contributed by atoms with van der Waals surface area (Å²) in [6, 6.07) is 3.70. The predicted octanol–water partition coefficient (Wildman–Crippen LogP) is 2.38. The third-order valence-electron chi connectivity index (χ3n) is 3.90. The van der Waals surface area contributed by atoms with Gasteiger partial charge in [0.25, 0.3) is 5.91 Å². The van der Waals surface area contributed by atoms with Gasteiger partial charge in [0, 0.05) is 19.2 Å². The third-order valence-corrected chi connectivity index (χ3v) is 3.90. The number of hydrogen-bond acceptors (Lipinski definition) is 3. The van der Waals surface area contributed by atoms with Crippen molar-refractivity contribution in [3.63, 3.8) is 0 Å². The number of carbonyl (C=O) groups excluding carboxylic acids is 1. The summed E-state index contributed by atoms with van der Waals surface area (Å²) in [5.41, 5.74) is 0.0372. The van der Waals surface area contributed by atoms with E-state index >= 15 is 0 Å². The minimum atomic E-state index is -0.661. The molecule has 1 saturated heterocycles. The van der Waals surface area contributed by atoms with Crippen LogP contribution < -0.4 is 5.32 Å². The van der Waals surface area contributed by atoms with Gasteiger partial charge in [-0.1, -0.05) is 6.92 Å². The van der Waals surface area contributed by atoms with Gasteiger partial charge in [-0.3, -0.25) is 4.79 Å². The molecule has 2 rings (SSSR count). The first-order valence-corrected chi connectivity index (χ1v) is 7.60. The van der Waals surface area contributed by atoms with Crippen molar-refractivity contribution in [2.24, 2.45) is 5.92 Å². The highest BCUT2D eigenvalue weighted by Gasteiger charge is 2.23. The molecule has 0 saturated carbocycles. The van der Waals surface area contributed by atoms with Crippen molar-refractivity contribution in [1.82, 2.24) is 10.2 Å². The Kier molecular flexibility index (Phi) is 5.56. The first-order valence-electron chi connectivity index (χ1n) is 7.60. The summed E-state index contributed by atoms with van der Waals surface area (Å²) in [5.74, 6) is -0.634. The van der Waals surface area contributed by atoms with E-state index in [9.17, 15) is 14.3 Å². The number of piperidine rings is 1. The molecule has 116 valence electrons. The van der Waals surface area contributed by atoms with E-state index in [4.69, 9.17) is 0 Å². The van der Waals surface area contributed by atoms with Crippen molar-refractivity contribution in [3.8, 4) is 5.75 Å². The fraction of sp³-hybridized carbons (Fsp3) is 0.562. The molecule has 1 heterocycles. The predicted molar refractivity (Wildman–Crippen MR) is 79.9 cm³/mol. The highest BCUT2D eigenvalue weighted by atomic mass is 19.1. The average Bonchev–Trinajstić information content (AvgIpc) is 2.47. The summed E-state index contributed by atoms with van der Waals surface area (Å²) >= 11 is 0. The SMILES string of the molecule is CCCN(CC1CCNCC1)C(=O)c1ccc(O)cc1F. The lowest BCUT2D eigenvalue weighted by molar-refractivity contribution is 0.0711. The molecule has 0 aromatic heterocycles. The van der Waals surface area contributed by atoms with Crippen molar-refractivity contribution < 1.29 is 14.3 Å². The minimum Gasteiger partial charge on any atom is -0.508 e. The van der Waals surface area contributed by atoms with Crippen molar-refractivity contribution >= 4 is 5.91 Å². The van der Waals surface area contributed by atoms with Crippen LogP contribution in [-0.4, -0.2) is 42.1 Å². The van der Waals surface area contributed by atoms with Gasteiger partial charge in [0.2, 0.25) is 0 Å². The smallest absolute Gasteiger partial charge is 0.256 e. The molecule has 1 aromatic carbocycles. The van der Waals surface area contributed by atoms with Crippen LogP contribution in [0.2, 0.25) is 0 Å². The van der Waals surface area contributed by atoms with Crippen LogP contribution in [0.15, 0.2) is 18.2 Å². The van der Waals surface area contributed by atoms with E-state index in [0.717, 1.165) is 38.4 Å². The highest BCUT2D eigenvalue weighted by Crippen LogP contribution is 2.19. The molecule has 0 atom stereocenters. The second kappa shape index (κ2) is 7.41. The molecule has 0 spiro atoms. The summed E-state index contributed by atoms with van der Waals surface area (Å²) in [4.78, 5) is 14.3. The maximum atomic E-state index is 13.9. The molecule has 1 fully saturated rings. The Labute approximate surface area is 125 Å². The number of hydrogen-bond donors (Lipinski definition) is 2. The molecule has 0 radical (unpaired) electrons. The summed E-state index contributed by atoms with van der Waals surface area (Å²) in [6.45, 7) is 5.27. The zero-order valence-electron chi connectivity index (χ0n) is 12.4. The van der Waals surface area contributed by atoms with E-state index in [0.29, 0.717) is 19.0 Å². The molecule has 1 aliphatic heterocycles. The van der Waals surface area contributed by atoms with Gasteiger partial charge in [0.05, 0.1) is 5.56 Å². The molecule has 4 nitrogen and oxygen atoms in total.